The van der Waals surface area contributed by atoms with Crippen LogP contribution in [0.3, 0.4) is 0 Å². The minimum Gasteiger partial charge on any atom is -0.393 e. The van der Waals surface area contributed by atoms with Gasteiger partial charge in [0.1, 0.15) is 0 Å². The summed E-state index contributed by atoms with van der Waals surface area (Å²) in [4.78, 5) is 4.31. The van der Waals surface area contributed by atoms with Crippen molar-refractivity contribution >= 4 is 0 Å². The Labute approximate surface area is 108 Å². The molecule has 1 aromatic rings. The second-order valence-electron chi connectivity index (χ2n) is 4.94. The standard InChI is InChI=1S/C13H22N2O3/c1-2-5-10(16)8-13-14-12(15-18-13)9-11-6-3-4-7-17-11/h10-11,16H,2-9H2,1H3. The zero-order valence-corrected chi connectivity index (χ0v) is 11.0. The summed E-state index contributed by atoms with van der Waals surface area (Å²) in [6, 6.07) is 0. The summed E-state index contributed by atoms with van der Waals surface area (Å²) in [5, 5.41) is 13.6. The van der Waals surface area contributed by atoms with Crippen LogP contribution >= 0.6 is 0 Å². The molecule has 5 nitrogen and oxygen atoms in total. The van der Waals surface area contributed by atoms with Crippen LogP contribution in [0.4, 0.5) is 0 Å². The van der Waals surface area contributed by atoms with Gasteiger partial charge in [-0.15, -0.1) is 0 Å². The molecule has 2 atom stereocenters. The Kier molecular flexibility index (Phi) is 5.13. The first-order valence-electron chi connectivity index (χ1n) is 6.89. The van der Waals surface area contributed by atoms with Crippen molar-refractivity contribution in [3.05, 3.63) is 11.7 Å². The number of aliphatic hydroxyl groups is 1. The lowest BCUT2D eigenvalue weighted by atomic mass is 10.1. The molecule has 1 fully saturated rings. The maximum Gasteiger partial charge on any atom is 0.229 e. The first kappa shape index (κ1) is 13.5. The third kappa shape index (κ3) is 4.07. The highest BCUT2D eigenvalue weighted by Crippen LogP contribution is 2.16. The van der Waals surface area contributed by atoms with E-state index in [0.717, 1.165) is 32.3 Å². The average molecular weight is 254 g/mol. The molecule has 0 amide bonds. The summed E-state index contributed by atoms with van der Waals surface area (Å²) in [5.41, 5.74) is 0. The van der Waals surface area contributed by atoms with E-state index in [2.05, 4.69) is 10.1 Å². The molecule has 102 valence electrons. The van der Waals surface area contributed by atoms with Crippen LogP contribution in [0, 0.1) is 0 Å². The quantitative estimate of drug-likeness (QED) is 0.839. The zero-order chi connectivity index (χ0) is 12.8. The van der Waals surface area contributed by atoms with E-state index >= 15 is 0 Å². The van der Waals surface area contributed by atoms with Gasteiger partial charge in [-0.25, -0.2) is 0 Å². The van der Waals surface area contributed by atoms with Crippen molar-refractivity contribution in [2.24, 2.45) is 0 Å². The van der Waals surface area contributed by atoms with Crippen LogP contribution in [0.1, 0.15) is 50.7 Å². The van der Waals surface area contributed by atoms with Gasteiger partial charge in [0, 0.05) is 13.0 Å². The molecule has 2 unspecified atom stereocenters. The Morgan fingerprint density at radius 2 is 2.33 bits per heavy atom. The van der Waals surface area contributed by atoms with E-state index in [-0.39, 0.29) is 12.2 Å². The number of aromatic nitrogens is 2. The van der Waals surface area contributed by atoms with E-state index < -0.39 is 0 Å². The van der Waals surface area contributed by atoms with Crippen molar-refractivity contribution in [1.29, 1.82) is 0 Å². The van der Waals surface area contributed by atoms with Crippen molar-refractivity contribution in [3.63, 3.8) is 0 Å². The molecule has 0 bridgehead atoms. The summed E-state index contributed by atoms with van der Waals surface area (Å²) in [5.74, 6) is 1.22. The highest BCUT2D eigenvalue weighted by atomic mass is 16.5. The molecule has 18 heavy (non-hydrogen) atoms. The molecule has 1 aromatic heterocycles. The van der Waals surface area contributed by atoms with E-state index in [1.807, 2.05) is 6.92 Å². The van der Waals surface area contributed by atoms with Crippen LogP contribution in [0.2, 0.25) is 0 Å². The van der Waals surface area contributed by atoms with Crippen LogP contribution in [-0.4, -0.2) is 34.1 Å². The van der Waals surface area contributed by atoms with Crippen LogP contribution < -0.4 is 0 Å². The van der Waals surface area contributed by atoms with Gasteiger partial charge in [-0.05, 0) is 25.7 Å². The maximum atomic E-state index is 9.68. The SMILES string of the molecule is CCCC(O)Cc1nc(CC2CCCCO2)no1. The lowest BCUT2D eigenvalue weighted by Gasteiger charge is -2.20. The minimum absolute atomic E-state index is 0.227. The van der Waals surface area contributed by atoms with Crippen LogP contribution in [0.25, 0.3) is 0 Å². The number of nitrogens with zero attached hydrogens (tertiary/aromatic N) is 2. The van der Waals surface area contributed by atoms with Crippen LogP contribution in [-0.2, 0) is 17.6 Å². The molecular weight excluding hydrogens is 232 g/mol. The smallest absolute Gasteiger partial charge is 0.229 e. The molecule has 1 saturated heterocycles. The summed E-state index contributed by atoms with van der Waals surface area (Å²) < 4.78 is 10.8. The highest BCUT2D eigenvalue weighted by molar-refractivity contribution is 4.90. The van der Waals surface area contributed by atoms with Gasteiger partial charge in [0.2, 0.25) is 5.89 Å². The fourth-order valence-electron chi connectivity index (χ4n) is 2.26. The number of aliphatic hydroxyl groups excluding tert-OH is 1. The summed E-state index contributed by atoms with van der Waals surface area (Å²) in [6.45, 7) is 2.88. The Bertz CT molecular complexity index is 348. The molecule has 0 spiro atoms. The lowest BCUT2D eigenvalue weighted by molar-refractivity contribution is 0.0153. The highest BCUT2D eigenvalue weighted by Gasteiger charge is 2.18. The Morgan fingerprint density at radius 3 is 3.06 bits per heavy atom. The van der Waals surface area contributed by atoms with Gasteiger partial charge in [-0.3, -0.25) is 0 Å². The second kappa shape index (κ2) is 6.85. The Hall–Kier alpha value is -0.940. The van der Waals surface area contributed by atoms with Crippen molar-refractivity contribution in [3.8, 4) is 0 Å². The number of hydrogen-bond acceptors (Lipinski definition) is 5. The summed E-state index contributed by atoms with van der Waals surface area (Å²) in [7, 11) is 0. The van der Waals surface area contributed by atoms with Gasteiger partial charge in [0.05, 0.1) is 18.6 Å². The predicted molar refractivity (Wildman–Crippen MR) is 66.2 cm³/mol. The van der Waals surface area contributed by atoms with Crippen LogP contribution in [0.5, 0.6) is 0 Å². The van der Waals surface area contributed by atoms with Gasteiger partial charge >= 0.3 is 0 Å². The Morgan fingerprint density at radius 1 is 1.44 bits per heavy atom. The van der Waals surface area contributed by atoms with Crippen molar-refractivity contribution in [2.75, 3.05) is 6.61 Å². The monoisotopic (exact) mass is 254 g/mol. The maximum absolute atomic E-state index is 9.68. The van der Waals surface area contributed by atoms with E-state index in [0.29, 0.717) is 24.6 Å². The van der Waals surface area contributed by atoms with Crippen LogP contribution in [0.15, 0.2) is 4.52 Å². The third-order valence-electron chi connectivity index (χ3n) is 3.23. The topological polar surface area (TPSA) is 68.4 Å². The van der Waals surface area contributed by atoms with Gasteiger partial charge in [0.25, 0.3) is 0 Å². The van der Waals surface area contributed by atoms with Crippen molar-refractivity contribution < 1.29 is 14.4 Å². The Balaban J connectivity index is 1.81. The third-order valence-corrected chi connectivity index (χ3v) is 3.23. The molecule has 1 N–H and O–H groups in total. The first-order valence-corrected chi connectivity index (χ1v) is 6.89. The molecule has 1 aliphatic heterocycles. The molecule has 0 radical (unpaired) electrons. The van der Waals surface area contributed by atoms with E-state index in [1.165, 1.54) is 6.42 Å². The lowest BCUT2D eigenvalue weighted by Crippen LogP contribution is -2.21. The second-order valence-corrected chi connectivity index (χ2v) is 4.94. The van der Waals surface area contributed by atoms with Crippen molar-refractivity contribution in [1.82, 2.24) is 10.1 Å². The van der Waals surface area contributed by atoms with Gasteiger partial charge in [0.15, 0.2) is 5.82 Å². The van der Waals surface area contributed by atoms with E-state index in [9.17, 15) is 5.11 Å². The van der Waals surface area contributed by atoms with Gasteiger partial charge in [-0.2, -0.15) is 4.98 Å². The molecule has 0 aliphatic carbocycles. The fraction of sp³-hybridized carbons (Fsp3) is 0.846. The molecule has 0 aromatic carbocycles. The molecule has 0 saturated carbocycles. The minimum atomic E-state index is -0.380. The summed E-state index contributed by atoms with van der Waals surface area (Å²) >= 11 is 0. The van der Waals surface area contributed by atoms with Gasteiger partial charge in [-0.1, -0.05) is 18.5 Å². The number of hydrogen-bond donors (Lipinski definition) is 1. The molecular formula is C13H22N2O3. The molecule has 5 heteroatoms. The normalized spacial score (nSPS) is 22.0. The molecule has 1 aliphatic rings. The largest absolute Gasteiger partial charge is 0.393 e. The average Bonchev–Trinajstić information content (AvgIpc) is 2.78. The summed E-state index contributed by atoms with van der Waals surface area (Å²) in [6.07, 6.45) is 6.17. The molecule has 2 rings (SSSR count). The number of rotatable bonds is 6. The predicted octanol–water partition coefficient (Wildman–Crippen LogP) is 1.88. The van der Waals surface area contributed by atoms with Crippen molar-refractivity contribution in [2.45, 2.75) is 64.1 Å². The van der Waals surface area contributed by atoms with E-state index in [4.69, 9.17) is 9.26 Å². The molecule has 2 heterocycles. The fourth-order valence-corrected chi connectivity index (χ4v) is 2.26. The first-order chi connectivity index (χ1) is 8.78. The zero-order valence-electron chi connectivity index (χ0n) is 11.0. The number of ether oxygens (including phenoxy) is 1. The van der Waals surface area contributed by atoms with Gasteiger partial charge < -0.3 is 14.4 Å². The van der Waals surface area contributed by atoms with E-state index in [1.54, 1.807) is 0 Å².